The fourth-order valence-corrected chi connectivity index (χ4v) is 2.01. The summed E-state index contributed by atoms with van der Waals surface area (Å²) in [6, 6.07) is -1.31. The van der Waals surface area contributed by atoms with Crippen molar-refractivity contribution in [3.8, 4) is 0 Å². The summed E-state index contributed by atoms with van der Waals surface area (Å²) >= 11 is 0. The third kappa shape index (κ3) is 3.37. The third-order valence-corrected chi connectivity index (χ3v) is 3.35. The first-order valence-corrected chi connectivity index (χ1v) is 6.37. The lowest BCUT2D eigenvalue weighted by atomic mass is 9.75. The van der Waals surface area contributed by atoms with Gasteiger partial charge < -0.3 is 9.84 Å². The van der Waals surface area contributed by atoms with Crippen molar-refractivity contribution in [1.29, 1.82) is 0 Å². The maximum absolute atomic E-state index is 14.0. The molecule has 0 aromatic rings. The van der Waals surface area contributed by atoms with Crippen molar-refractivity contribution in [3.05, 3.63) is 0 Å². The molecule has 1 fully saturated rings. The number of halogens is 2. The molecule has 1 rings (SSSR count). The molecule has 0 bridgehead atoms. The molecule has 0 aliphatic carbocycles. The minimum atomic E-state index is -3.17. The van der Waals surface area contributed by atoms with E-state index in [0.29, 0.717) is 4.90 Å². The number of carbonyl (C=O) groups excluding carboxylic acids is 1. The van der Waals surface area contributed by atoms with Gasteiger partial charge in [0.15, 0.2) is 0 Å². The van der Waals surface area contributed by atoms with Gasteiger partial charge in [-0.25, -0.2) is 18.4 Å². The van der Waals surface area contributed by atoms with E-state index in [-0.39, 0.29) is 6.42 Å². The van der Waals surface area contributed by atoms with Crippen molar-refractivity contribution in [2.45, 2.75) is 58.6 Å². The molecule has 0 aromatic carbocycles. The zero-order chi connectivity index (χ0) is 15.9. The average Bonchev–Trinajstić information content (AvgIpc) is 2.18. The normalized spacial score (nSPS) is 25.1. The maximum atomic E-state index is 14.0. The molecular weight excluding hydrogens is 272 g/mol. The molecule has 0 aromatic heterocycles. The quantitative estimate of drug-likeness (QED) is 0.807. The average molecular weight is 293 g/mol. The van der Waals surface area contributed by atoms with E-state index < -0.39 is 41.6 Å². The van der Waals surface area contributed by atoms with Gasteiger partial charge in [0.1, 0.15) is 11.6 Å². The summed E-state index contributed by atoms with van der Waals surface area (Å²) in [5.41, 5.74) is -2.36. The van der Waals surface area contributed by atoms with Crippen molar-refractivity contribution in [2.75, 3.05) is 6.54 Å². The predicted molar refractivity (Wildman–Crippen MR) is 67.7 cm³/mol. The number of hydrogen-bond acceptors (Lipinski definition) is 3. The predicted octanol–water partition coefficient (Wildman–Crippen LogP) is 2.74. The smallest absolute Gasteiger partial charge is 0.411 e. The van der Waals surface area contributed by atoms with Crippen LogP contribution in [0.15, 0.2) is 0 Å². The fraction of sp³-hybridized carbons (Fsp3) is 0.846. The van der Waals surface area contributed by atoms with Crippen molar-refractivity contribution in [1.82, 2.24) is 4.90 Å². The number of aliphatic carboxylic acids is 1. The van der Waals surface area contributed by atoms with Crippen LogP contribution >= 0.6 is 0 Å². The molecule has 0 unspecified atom stereocenters. The van der Waals surface area contributed by atoms with Crippen LogP contribution in [0.1, 0.15) is 41.0 Å². The molecule has 7 heteroatoms. The van der Waals surface area contributed by atoms with Gasteiger partial charge in [-0.15, -0.1) is 0 Å². The summed E-state index contributed by atoms with van der Waals surface area (Å²) in [4.78, 5) is 23.8. The molecule has 0 saturated carbocycles. The van der Waals surface area contributed by atoms with Gasteiger partial charge in [-0.05, 0) is 27.2 Å². The Bertz CT molecular complexity index is 415. The van der Waals surface area contributed by atoms with Crippen molar-refractivity contribution >= 4 is 12.1 Å². The Hall–Kier alpha value is -1.40. The van der Waals surface area contributed by atoms with Gasteiger partial charge in [0.2, 0.25) is 0 Å². The Balaban J connectivity index is 3.03. The summed E-state index contributed by atoms with van der Waals surface area (Å²) in [5.74, 6) is -4.48. The van der Waals surface area contributed by atoms with E-state index in [1.54, 1.807) is 20.8 Å². The van der Waals surface area contributed by atoms with Crippen LogP contribution < -0.4 is 0 Å². The number of carbonyl (C=O) groups is 2. The molecule has 1 aliphatic rings. The van der Waals surface area contributed by atoms with Crippen molar-refractivity contribution < 1.29 is 28.2 Å². The summed E-state index contributed by atoms with van der Waals surface area (Å²) < 4.78 is 33.0. The molecule has 1 atom stereocenters. The van der Waals surface area contributed by atoms with Crippen LogP contribution in [0.4, 0.5) is 13.6 Å². The molecule has 1 heterocycles. The SMILES string of the molecule is CC(C)(C)OC(=O)N1CC(F)(F)C(C)(C)C[C@H]1C(=O)O. The minimum Gasteiger partial charge on any atom is -0.480 e. The van der Waals surface area contributed by atoms with E-state index in [2.05, 4.69) is 0 Å². The molecule has 0 spiro atoms. The third-order valence-electron chi connectivity index (χ3n) is 3.35. The van der Waals surface area contributed by atoms with Crippen LogP contribution in [-0.2, 0) is 9.53 Å². The van der Waals surface area contributed by atoms with Gasteiger partial charge in [0.05, 0.1) is 6.54 Å². The lowest BCUT2D eigenvalue weighted by Crippen LogP contribution is -2.61. The van der Waals surface area contributed by atoms with Crippen LogP contribution in [0.25, 0.3) is 0 Å². The summed E-state index contributed by atoms with van der Waals surface area (Å²) in [7, 11) is 0. The zero-order valence-electron chi connectivity index (χ0n) is 12.4. The van der Waals surface area contributed by atoms with Gasteiger partial charge in [-0.2, -0.15) is 0 Å². The second kappa shape index (κ2) is 4.86. The van der Waals surface area contributed by atoms with Crippen LogP contribution in [0.5, 0.6) is 0 Å². The highest BCUT2D eigenvalue weighted by Gasteiger charge is 2.57. The molecule has 1 saturated heterocycles. The van der Waals surface area contributed by atoms with Crippen LogP contribution in [-0.4, -0.2) is 46.2 Å². The van der Waals surface area contributed by atoms with Crippen molar-refractivity contribution in [2.24, 2.45) is 5.41 Å². The number of carboxylic acid groups (broad SMARTS) is 1. The minimum absolute atomic E-state index is 0.325. The standard InChI is InChI=1S/C13H21F2NO4/c1-11(2,3)20-10(19)16-7-13(14,15)12(4,5)6-8(16)9(17)18/h8H,6-7H2,1-5H3,(H,17,18)/t8-/m0/s1. The maximum Gasteiger partial charge on any atom is 0.411 e. The van der Waals surface area contributed by atoms with E-state index in [4.69, 9.17) is 9.84 Å². The van der Waals surface area contributed by atoms with Gasteiger partial charge in [0.25, 0.3) is 5.92 Å². The lowest BCUT2D eigenvalue weighted by molar-refractivity contribution is -0.178. The molecule has 20 heavy (non-hydrogen) atoms. The second-order valence-corrected chi connectivity index (χ2v) is 6.75. The van der Waals surface area contributed by atoms with E-state index in [1.165, 1.54) is 13.8 Å². The van der Waals surface area contributed by atoms with E-state index in [9.17, 15) is 18.4 Å². The number of piperidine rings is 1. The van der Waals surface area contributed by atoms with Crippen LogP contribution in [0, 0.1) is 5.41 Å². The Morgan fingerprint density at radius 1 is 1.30 bits per heavy atom. The Kier molecular flexibility index (Phi) is 4.04. The Morgan fingerprint density at radius 3 is 2.20 bits per heavy atom. The Morgan fingerprint density at radius 2 is 1.80 bits per heavy atom. The number of hydrogen-bond donors (Lipinski definition) is 1. The van der Waals surface area contributed by atoms with Gasteiger partial charge in [-0.3, -0.25) is 4.90 Å². The highest BCUT2D eigenvalue weighted by Crippen LogP contribution is 2.45. The van der Waals surface area contributed by atoms with Gasteiger partial charge in [0, 0.05) is 5.41 Å². The summed E-state index contributed by atoms with van der Waals surface area (Å²) in [6.45, 7) is 6.42. The second-order valence-electron chi connectivity index (χ2n) is 6.75. The van der Waals surface area contributed by atoms with E-state index in [1.807, 2.05) is 0 Å². The van der Waals surface area contributed by atoms with Crippen LogP contribution in [0.3, 0.4) is 0 Å². The van der Waals surface area contributed by atoms with Gasteiger partial charge in [-0.1, -0.05) is 13.8 Å². The number of alkyl halides is 2. The first kappa shape index (κ1) is 16.7. The first-order valence-electron chi connectivity index (χ1n) is 6.37. The molecular formula is C13H21F2NO4. The Labute approximate surface area is 116 Å². The number of rotatable bonds is 1. The number of ether oxygens (including phenoxy) is 1. The molecule has 1 aliphatic heterocycles. The number of nitrogens with zero attached hydrogens (tertiary/aromatic N) is 1. The zero-order valence-corrected chi connectivity index (χ0v) is 12.4. The first-order chi connectivity index (χ1) is 8.77. The molecule has 1 N–H and O–H groups in total. The van der Waals surface area contributed by atoms with Gasteiger partial charge >= 0.3 is 12.1 Å². The molecule has 116 valence electrons. The summed E-state index contributed by atoms with van der Waals surface area (Å²) in [6.07, 6.45) is -1.35. The molecule has 5 nitrogen and oxygen atoms in total. The van der Waals surface area contributed by atoms with E-state index >= 15 is 0 Å². The number of carboxylic acids is 1. The topological polar surface area (TPSA) is 66.8 Å². The van der Waals surface area contributed by atoms with Crippen molar-refractivity contribution in [3.63, 3.8) is 0 Å². The van der Waals surface area contributed by atoms with E-state index in [0.717, 1.165) is 0 Å². The monoisotopic (exact) mass is 293 g/mol. The largest absolute Gasteiger partial charge is 0.480 e. The molecule has 1 amide bonds. The number of amides is 1. The van der Waals surface area contributed by atoms with Crippen LogP contribution in [0.2, 0.25) is 0 Å². The highest BCUT2D eigenvalue weighted by molar-refractivity contribution is 5.80. The highest BCUT2D eigenvalue weighted by atomic mass is 19.3. The molecule has 0 radical (unpaired) electrons. The summed E-state index contributed by atoms with van der Waals surface area (Å²) in [5, 5.41) is 9.16. The fourth-order valence-electron chi connectivity index (χ4n) is 2.01. The lowest BCUT2D eigenvalue weighted by Gasteiger charge is -2.46. The number of likely N-dealkylation sites (tertiary alicyclic amines) is 1.